The molecule has 0 saturated carbocycles. The maximum atomic E-state index is 13.5. The number of hydrogen-bond acceptors (Lipinski definition) is 3. The number of ketones is 1. The number of carbonyl (C=O) groups excluding carboxylic acids is 1. The van der Waals surface area contributed by atoms with Gasteiger partial charge in [-0.1, -0.05) is 42.5 Å². The molecule has 0 amide bonds. The van der Waals surface area contributed by atoms with Gasteiger partial charge in [-0.2, -0.15) is 0 Å². The second-order valence-corrected chi connectivity index (χ2v) is 6.72. The molecule has 0 aliphatic carbocycles. The molecule has 2 rings (SSSR count). The van der Waals surface area contributed by atoms with Gasteiger partial charge in [-0.25, -0.2) is 12.8 Å². The van der Waals surface area contributed by atoms with Crippen molar-refractivity contribution in [3.63, 3.8) is 0 Å². The Morgan fingerprint density at radius 3 is 2.24 bits per heavy atom. The molecule has 0 aliphatic rings. The first kappa shape index (κ1) is 15.4. The van der Waals surface area contributed by atoms with Crippen molar-refractivity contribution >= 4 is 15.6 Å². The van der Waals surface area contributed by atoms with Crippen molar-refractivity contribution < 1.29 is 17.6 Å². The van der Waals surface area contributed by atoms with E-state index in [0.29, 0.717) is 5.56 Å². The van der Waals surface area contributed by atoms with Gasteiger partial charge in [-0.3, -0.25) is 4.79 Å². The van der Waals surface area contributed by atoms with Crippen LogP contribution in [0.1, 0.15) is 23.2 Å². The minimum absolute atomic E-state index is 0.112. The average molecular weight is 306 g/mol. The highest BCUT2D eigenvalue weighted by atomic mass is 32.2. The van der Waals surface area contributed by atoms with E-state index >= 15 is 0 Å². The van der Waals surface area contributed by atoms with E-state index in [1.165, 1.54) is 18.2 Å². The van der Waals surface area contributed by atoms with E-state index in [1.54, 1.807) is 30.3 Å². The second kappa shape index (κ2) is 6.63. The number of benzene rings is 2. The monoisotopic (exact) mass is 306 g/mol. The van der Waals surface area contributed by atoms with Crippen molar-refractivity contribution in [2.24, 2.45) is 0 Å². The predicted octanol–water partition coefficient (Wildman–Crippen LogP) is 3.26. The van der Waals surface area contributed by atoms with Crippen LogP contribution in [0.5, 0.6) is 0 Å². The average Bonchev–Trinajstić information content (AvgIpc) is 2.48. The Hall–Kier alpha value is -2.01. The Balaban J connectivity index is 1.97. The summed E-state index contributed by atoms with van der Waals surface area (Å²) in [6, 6.07) is 14.0. The van der Waals surface area contributed by atoms with Crippen LogP contribution in [0.15, 0.2) is 59.5 Å². The number of halogens is 1. The van der Waals surface area contributed by atoms with Gasteiger partial charge in [0.05, 0.1) is 5.75 Å². The van der Waals surface area contributed by atoms with Gasteiger partial charge >= 0.3 is 0 Å². The van der Waals surface area contributed by atoms with Crippen molar-refractivity contribution in [2.45, 2.75) is 17.7 Å². The van der Waals surface area contributed by atoms with Crippen LogP contribution in [0.25, 0.3) is 0 Å². The molecule has 0 atom stereocenters. The molecule has 0 N–H and O–H groups in total. The molecule has 0 heterocycles. The summed E-state index contributed by atoms with van der Waals surface area (Å²) in [5, 5.41) is 0. The highest BCUT2D eigenvalue weighted by Crippen LogP contribution is 2.17. The molecule has 110 valence electrons. The number of hydrogen-bond donors (Lipinski definition) is 0. The molecule has 0 fully saturated rings. The van der Waals surface area contributed by atoms with E-state index in [2.05, 4.69) is 0 Å². The predicted molar refractivity (Wildman–Crippen MR) is 78.5 cm³/mol. The lowest BCUT2D eigenvalue weighted by Gasteiger charge is -2.05. The quantitative estimate of drug-likeness (QED) is 0.770. The van der Waals surface area contributed by atoms with Crippen molar-refractivity contribution in [3.8, 4) is 0 Å². The van der Waals surface area contributed by atoms with E-state index in [9.17, 15) is 17.6 Å². The molecule has 2 aromatic rings. The number of carbonyl (C=O) groups is 1. The first-order valence-corrected chi connectivity index (χ1v) is 8.21. The summed E-state index contributed by atoms with van der Waals surface area (Å²) in [7, 11) is -3.70. The zero-order valence-electron chi connectivity index (χ0n) is 11.3. The van der Waals surface area contributed by atoms with E-state index in [1.807, 2.05) is 0 Å². The molecular formula is C16H15FO3S. The minimum Gasteiger partial charge on any atom is -0.294 e. The highest BCUT2D eigenvalue weighted by molar-refractivity contribution is 7.91. The third kappa shape index (κ3) is 3.98. The first-order valence-electron chi connectivity index (χ1n) is 6.56. The van der Waals surface area contributed by atoms with Gasteiger partial charge in [0.2, 0.25) is 0 Å². The maximum Gasteiger partial charge on any atom is 0.181 e. The third-order valence-corrected chi connectivity index (χ3v) is 4.91. The first-order chi connectivity index (χ1) is 10.0. The standard InChI is InChI=1S/C16H15FO3S/c17-14-9-4-5-11-16(14)21(19,20)12-6-10-15(18)13-7-2-1-3-8-13/h1-5,7-9,11H,6,10,12H2. The minimum atomic E-state index is -3.70. The van der Waals surface area contributed by atoms with E-state index in [4.69, 9.17) is 0 Å². The fourth-order valence-corrected chi connectivity index (χ4v) is 3.39. The van der Waals surface area contributed by atoms with Crippen molar-refractivity contribution in [3.05, 3.63) is 66.0 Å². The molecule has 5 heteroatoms. The van der Waals surface area contributed by atoms with Crippen LogP contribution < -0.4 is 0 Å². The summed E-state index contributed by atoms with van der Waals surface area (Å²) in [6.45, 7) is 0. The highest BCUT2D eigenvalue weighted by Gasteiger charge is 2.19. The molecule has 2 aromatic carbocycles. The van der Waals surface area contributed by atoms with Crippen LogP contribution in [-0.2, 0) is 9.84 Å². The van der Waals surface area contributed by atoms with Gasteiger partial charge in [0, 0.05) is 12.0 Å². The summed E-state index contributed by atoms with van der Waals surface area (Å²) in [4.78, 5) is 11.6. The molecule has 0 unspecified atom stereocenters. The maximum absolute atomic E-state index is 13.5. The Kier molecular flexibility index (Phi) is 4.85. The van der Waals surface area contributed by atoms with Gasteiger partial charge in [0.15, 0.2) is 15.6 Å². The zero-order chi connectivity index (χ0) is 15.3. The summed E-state index contributed by atoms with van der Waals surface area (Å²) in [5.74, 6) is -1.11. The van der Waals surface area contributed by atoms with E-state index < -0.39 is 15.7 Å². The van der Waals surface area contributed by atoms with E-state index in [-0.39, 0.29) is 29.3 Å². The van der Waals surface area contributed by atoms with Crippen molar-refractivity contribution in [2.75, 3.05) is 5.75 Å². The van der Waals surface area contributed by atoms with Crippen molar-refractivity contribution in [1.82, 2.24) is 0 Å². The van der Waals surface area contributed by atoms with Crippen LogP contribution in [-0.4, -0.2) is 20.0 Å². The molecule has 0 bridgehead atoms. The topological polar surface area (TPSA) is 51.2 Å². The normalized spacial score (nSPS) is 11.3. The lowest BCUT2D eigenvalue weighted by molar-refractivity contribution is 0.0982. The molecule has 0 aliphatic heterocycles. The molecule has 0 spiro atoms. The van der Waals surface area contributed by atoms with Crippen LogP contribution in [0.3, 0.4) is 0 Å². The van der Waals surface area contributed by atoms with Crippen LogP contribution >= 0.6 is 0 Å². The van der Waals surface area contributed by atoms with Crippen LogP contribution in [0.2, 0.25) is 0 Å². The van der Waals surface area contributed by atoms with Crippen LogP contribution in [0, 0.1) is 5.82 Å². The number of rotatable bonds is 6. The Labute approximate surface area is 123 Å². The number of sulfone groups is 1. The molecule has 0 aromatic heterocycles. The Bertz CT molecular complexity index is 724. The van der Waals surface area contributed by atoms with Gasteiger partial charge in [-0.15, -0.1) is 0 Å². The lowest BCUT2D eigenvalue weighted by Crippen LogP contribution is -2.10. The smallest absolute Gasteiger partial charge is 0.181 e. The van der Waals surface area contributed by atoms with Gasteiger partial charge < -0.3 is 0 Å². The molecule has 0 radical (unpaired) electrons. The second-order valence-electron chi connectivity index (χ2n) is 4.64. The zero-order valence-corrected chi connectivity index (χ0v) is 12.1. The molecule has 3 nitrogen and oxygen atoms in total. The SMILES string of the molecule is O=C(CCCS(=O)(=O)c1ccccc1F)c1ccccc1. The number of Topliss-reactive ketones (excluding diaryl/α,β-unsaturated/α-hetero) is 1. The van der Waals surface area contributed by atoms with Gasteiger partial charge in [0.25, 0.3) is 0 Å². The molecule has 0 saturated heterocycles. The Morgan fingerprint density at radius 2 is 1.57 bits per heavy atom. The van der Waals surface area contributed by atoms with Gasteiger partial charge in [0.1, 0.15) is 10.7 Å². The molecular weight excluding hydrogens is 291 g/mol. The summed E-state index contributed by atoms with van der Waals surface area (Å²) in [6.07, 6.45) is 0.294. The van der Waals surface area contributed by atoms with E-state index in [0.717, 1.165) is 6.07 Å². The molecule has 21 heavy (non-hydrogen) atoms. The van der Waals surface area contributed by atoms with Crippen molar-refractivity contribution in [1.29, 1.82) is 0 Å². The fraction of sp³-hybridized carbons (Fsp3) is 0.188. The summed E-state index contributed by atoms with van der Waals surface area (Å²) in [5.41, 5.74) is 0.556. The Morgan fingerprint density at radius 1 is 0.952 bits per heavy atom. The third-order valence-electron chi connectivity index (χ3n) is 3.08. The summed E-state index contributed by atoms with van der Waals surface area (Å²) >= 11 is 0. The lowest BCUT2D eigenvalue weighted by atomic mass is 10.1. The fourth-order valence-electron chi connectivity index (χ4n) is 2.00. The summed E-state index contributed by atoms with van der Waals surface area (Å²) < 4.78 is 37.5. The largest absolute Gasteiger partial charge is 0.294 e. The van der Waals surface area contributed by atoms with Crippen LogP contribution in [0.4, 0.5) is 4.39 Å². The van der Waals surface area contributed by atoms with Gasteiger partial charge in [-0.05, 0) is 18.6 Å².